The minimum atomic E-state index is -1.12. The molecule has 12 heavy (non-hydrogen) atoms. The standard InChI is InChI=1S/C8H6BrFO2/c1-4-6(8(11)12)2-5(9)3-7(4)10/h2-3H,1H3,(H,11,12). The van der Waals surface area contributed by atoms with Gasteiger partial charge in [-0.1, -0.05) is 15.9 Å². The van der Waals surface area contributed by atoms with Gasteiger partial charge in [0.25, 0.3) is 0 Å². The zero-order valence-corrected chi connectivity index (χ0v) is 7.85. The summed E-state index contributed by atoms with van der Waals surface area (Å²) in [6.07, 6.45) is 0. The van der Waals surface area contributed by atoms with Gasteiger partial charge in [0.05, 0.1) is 5.56 Å². The van der Waals surface area contributed by atoms with E-state index in [1.807, 2.05) is 0 Å². The van der Waals surface area contributed by atoms with E-state index in [0.717, 1.165) is 0 Å². The van der Waals surface area contributed by atoms with E-state index >= 15 is 0 Å². The lowest BCUT2D eigenvalue weighted by Gasteiger charge is -2.02. The number of halogens is 2. The maximum Gasteiger partial charge on any atom is 0.336 e. The monoisotopic (exact) mass is 232 g/mol. The zero-order chi connectivity index (χ0) is 9.30. The zero-order valence-electron chi connectivity index (χ0n) is 6.27. The van der Waals surface area contributed by atoms with E-state index in [0.29, 0.717) is 4.47 Å². The maximum absolute atomic E-state index is 12.9. The fraction of sp³-hybridized carbons (Fsp3) is 0.125. The predicted octanol–water partition coefficient (Wildman–Crippen LogP) is 2.59. The van der Waals surface area contributed by atoms with Crippen molar-refractivity contribution < 1.29 is 14.3 Å². The molecule has 64 valence electrons. The first kappa shape index (κ1) is 9.19. The van der Waals surface area contributed by atoms with Crippen LogP contribution in [0.4, 0.5) is 4.39 Å². The highest BCUT2D eigenvalue weighted by Crippen LogP contribution is 2.19. The fourth-order valence-electron chi connectivity index (χ4n) is 0.868. The van der Waals surface area contributed by atoms with E-state index < -0.39 is 11.8 Å². The van der Waals surface area contributed by atoms with Gasteiger partial charge in [0, 0.05) is 4.47 Å². The minimum Gasteiger partial charge on any atom is -0.478 e. The summed E-state index contributed by atoms with van der Waals surface area (Å²) in [6.45, 7) is 1.44. The predicted molar refractivity (Wildman–Crippen MR) is 45.8 cm³/mol. The molecule has 4 heteroatoms. The Labute approximate surface area is 77.2 Å². The van der Waals surface area contributed by atoms with E-state index in [1.165, 1.54) is 19.1 Å². The number of rotatable bonds is 1. The Balaban J connectivity index is 3.37. The molecule has 0 aliphatic carbocycles. The van der Waals surface area contributed by atoms with Crippen molar-refractivity contribution in [3.63, 3.8) is 0 Å². The summed E-state index contributed by atoms with van der Waals surface area (Å²) in [4.78, 5) is 10.5. The van der Waals surface area contributed by atoms with Crippen molar-refractivity contribution >= 4 is 21.9 Å². The van der Waals surface area contributed by atoms with Crippen molar-refractivity contribution in [3.8, 4) is 0 Å². The Bertz CT molecular complexity index is 336. The van der Waals surface area contributed by atoms with Crippen molar-refractivity contribution in [2.45, 2.75) is 6.92 Å². The van der Waals surface area contributed by atoms with Gasteiger partial charge < -0.3 is 5.11 Å². The van der Waals surface area contributed by atoms with Gasteiger partial charge in [-0.25, -0.2) is 9.18 Å². The summed E-state index contributed by atoms with van der Waals surface area (Å²) >= 11 is 3.01. The van der Waals surface area contributed by atoms with E-state index in [9.17, 15) is 9.18 Å². The van der Waals surface area contributed by atoms with Crippen LogP contribution in [-0.4, -0.2) is 11.1 Å². The first-order valence-corrected chi connectivity index (χ1v) is 4.00. The summed E-state index contributed by atoms with van der Waals surface area (Å²) in [5, 5.41) is 8.63. The molecule has 1 rings (SSSR count). The van der Waals surface area contributed by atoms with Gasteiger partial charge in [0.2, 0.25) is 0 Å². The van der Waals surface area contributed by atoms with Gasteiger partial charge in [-0.05, 0) is 24.6 Å². The largest absolute Gasteiger partial charge is 0.478 e. The molecular weight excluding hydrogens is 227 g/mol. The van der Waals surface area contributed by atoms with Crippen molar-refractivity contribution in [1.29, 1.82) is 0 Å². The number of carbonyl (C=O) groups is 1. The van der Waals surface area contributed by atoms with Crippen LogP contribution in [0.3, 0.4) is 0 Å². The average Bonchev–Trinajstić information content (AvgIpc) is 1.96. The van der Waals surface area contributed by atoms with Crippen LogP contribution in [0.1, 0.15) is 15.9 Å². The number of carboxylic acids is 1. The number of benzene rings is 1. The van der Waals surface area contributed by atoms with Crippen LogP contribution >= 0.6 is 15.9 Å². The molecule has 0 atom stereocenters. The summed E-state index contributed by atoms with van der Waals surface area (Å²) in [5.74, 6) is -1.63. The molecule has 1 N–H and O–H groups in total. The van der Waals surface area contributed by atoms with Crippen LogP contribution in [0.2, 0.25) is 0 Å². The SMILES string of the molecule is Cc1c(F)cc(Br)cc1C(=O)O. The Morgan fingerprint density at radius 3 is 2.67 bits per heavy atom. The molecule has 0 saturated heterocycles. The molecule has 0 radical (unpaired) electrons. The first-order valence-electron chi connectivity index (χ1n) is 3.21. The van der Waals surface area contributed by atoms with Gasteiger partial charge in [-0.15, -0.1) is 0 Å². The fourth-order valence-corrected chi connectivity index (χ4v) is 1.30. The second-order valence-corrected chi connectivity index (χ2v) is 3.28. The van der Waals surface area contributed by atoms with Crippen LogP contribution in [0.15, 0.2) is 16.6 Å². The highest BCUT2D eigenvalue weighted by Gasteiger charge is 2.11. The third-order valence-electron chi connectivity index (χ3n) is 1.54. The van der Waals surface area contributed by atoms with Crippen LogP contribution in [0.5, 0.6) is 0 Å². The molecule has 1 aromatic carbocycles. The van der Waals surface area contributed by atoms with E-state index in [4.69, 9.17) is 5.11 Å². The number of carboxylic acid groups (broad SMARTS) is 1. The van der Waals surface area contributed by atoms with Crippen LogP contribution in [0, 0.1) is 12.7 Å². The maximum atomic E-state index is 12.9. The van der Waals surface area contributed by atoms with Gasteiger partial charge in [-0.2, -0.15) is 0 Å². The Morgan fingerprint density at radius 2 is 2.17 bits per heavy atom. The highest BCUT2D eigenvalue weighted by molar-refractivity contribution is 9.10. The smallest absolute Gasteiger partial charge is 0.336 e. The number of hydrogen-bond acceptors (Lipinski definition) is 1. The second-order valence-electron chi connectivity index (χ2n) is 2.37. The molecule has 0 saturated carbocycles. The Kier molecular flexibility index (Phi) is 2.47. The summed E-state index contributed by atoms with van der Waals surface area (Å²) < 4.78 is 13.3. The lowest BCUT2D eigenvalue weighted by molar-refractivity contribution is 0.0695. The van der Waals surface area contributed by atoms with Gasteiger partial charge in [-0.3, -0.25) is 0 Å². The Morgan fingerprint density at radius 1 is 1.58 bits per heavy atom. The average molecular weight is 233 g/mol. The number of aromatic carboxylic acids is 1. The molecular formula is C8H6BrFO2. The highest BCUT2D eigenvalue weighted by atomic mass is 79.9. The minimum absolute atomic E-state index is 0.0122. The van der Waals surface area contributed by atoms with Crippen LogP contribution in [-0.2, 0) is 0 Å². The molecule has 0 aliphatic heterocycles. The third-order valence-corrected chi connectivity index (χ3v) is 2.00. The molecule has 0 aliphatic rings. The van der Waals surface area contributed by atoms with E-state index in [2.05, 4.69) is 15.9 Å². The molecule has 0 aromatic heterocycles. The van der Waals surface area contributed by atoms with Crippen LogP contribution < -0.4 is 0 Å². The quantitative estimate of drug-likeness (QED) is 0.809. The lowest BCUT2D eigenvalue weighted by Crippen LogP contribution is -2.01. The molecule has 0 heterocycles. The van der Waals surface area contributed by atoms with Crippen molar-refractivity contribution in [3.05, 3.63) is 33.5 Å². The van der Waals surface area contributed by atoms with Crippen molar-refractivity contribution in [2.24, 2.45) is 0 Å². The van der Waals surface area contributed by atoms with Crippen LogP contribution in [0.25, 0.3) is 0 Å². The number of hydrogen-bond donors (Lipinski definition) is 1. The van der Waals surface area contributed by atoms with Crippen molar-refractivity contribution in [1.82, 2.24) is 0 Å². The molecule has 2 nitrogen and oxygen atoms in total. The lowest BCUT2D eigenvalue weighted by atomic mass is 10.1. The normalized spacial score (nSPS) is 9.92. The van der Waals surface area contributed by atoms with E-state index in [1.54, 1.807) is 0 Å². The first-order chi connectivity index (χ1) is 5.52. The van der Waals surface area contributed by atoms with Crippen molar-refractivity contribution in [2.75, 3.05) is 0 Å². The summed E-state index contributed by atoms with van der Waals surface area (Å²) in [7, 11) is 0. The molecule has 0 fully saturated rings. The summed E-state index contributed by atoms with van der Waals surface area (Å²) in [6, 6.07) is 2.61. The molecule has 1 aromatic rings. The molecule has 0 spiro atoms. The van der Waals surface area contributed by atoms with Gasteiger partial charge in [0.15, 0.2) is 0 Å². The third kappa shape index (κ3) is 1.64. The van der Waals surface area contributed by atoms with E-state index in [-0.39, 0.29) is 11.1 Å². The van der Waals surface area contributed by atoms with Gasteiger partial charge >= 0.3 is 5.97 Å². The molecule has 0 bridgehead atoms. The second kappa shape index (κ2) is 3.23. The molecule has 0 unspecified atom stereocenters. The Hall–Kier alpha value is -0.900. The topological polar surface area (TPSA) is 37.3 Å². The summed E-state index contributed by atoms with van der Waals surface area (Å²) in [5.41, 5.74) is 0.146. The van der Waals surface area contributed by atoms with Gasteiger partial charge in [0.1, 0.15) is 5.82 Å². The molecule has 0 amide bonds.